The number of carbonyl (C=O) groups excluding carboxylic acids is 3. The Hall–Kier alpha value is -1.59. The van der Waals surface area contributed by atoms with E-state index in [1.807, 2.05) is 0 Å². The highest BCUT2D eigenvalue weighted by Gasteiger charge is 2.19. The summed E-state index contributed by atoms with van der Waals surface area (Å²) < 4.78 is 16.9. The Morgan fingerprint density at radius 2 is 0.567 bits per heavy atom. The van der Waals surface area contributed by atoms with Crippen molar-refractivity contribution in [2.45, 2.75) is 349 Å². The number of hydrogen-bond acceptors (Lipinski definition) is 6. The molecule has 0 saturated heterocycles. The molecule has 0 aliphatic carbocycles. The largest absolute Gasteiger partial charge is 0.462 e. The van der Waals surface area contributed by atoms with Gasteiger partial charge in [-0.2, -0.15) is 0 Å². The summed E-state index contributed by atoms with van der Waals surface area (Å²) in [6.45, 7) is 11.4. The molecule has 398 valence electrons. The van der Waals surface area contributed by atoms with Gasteiger partial charge in [-0.25, -0.2) is 0 Å². The Morgan fingerprint density at radius 1 is 0.313 bits per heavy atom. The van der Waals surface area contributed by atoms with Gasteiger partial charge in [0.25, 0.3) is 0 Å². The second-order valence-electron chi connectivity index (χ2n) is 21.7. The number of unbranched alkanes of at least 4 members (excludes halogenated alkanes) is 39. The number of hydrogen-bond donors (Lipinski definition) is 0. The number of rotatable bonds is 55. The maximum atomic E-state index is 12.9. The van der Waals surface area contributed by atoms with Crippen LogP contribution in [0, 0.1) is 11.8 Å². The van der Waals surface area contributed by atoms with E-state index >= 15 is 0 Å². The summed E-state index contributed by atoms with van der Waals surface area (Å²) in [4.78, 5) is 38.2. The van der Waals surface area contributed by atoms with Crippen molar-refractivity contribution in [2.75, 3.05) is 13.2 Å². The van der Waals surface area contributed by atoms with Gasteiger partial charge in [-0.1, -0.05) is 304 Å². The zero-order valence-corrected chi connectivity index (χ0v) is 46.0. The van der Waals surface area contributed by atoms with E-state index in [9.17, 15) is 14.4 Å². The van der Waals surface area contributed by atoms with Gasteiger partial charge in [-0.15, -0.1) is 0 Å². The summed E-state index contributed by atoms with van der Waals surface area (Å²) in [5.41, 5.74) is 0. The molecule has 0 N–H and O–H groups in total. The molecule has 0 fully saturated rings. The lowest BCUT2D eigenvalue weighted by Crippen LogP contribution is -2.30. The number of ether oxygens (including phenoxy) is 3. The smallest absolute Gasteiger partial charge is 0.306 e. The van der Waals surface area contributed by atoms with E-state index in [2.05, 4.69) is 34.6 Å². The Kier molecular flexibility index (Phi) is 52.5. The Bertz CT molecular complexity index is 1030. The molecule has 6 nitrogen and oxygen atoms in total. The van der Waals surface area contributed by atoms with Gasteiger partial charge in [0.1, 0.15) is 13.2 Å². The molecule has 0 aromatic carbocycles. The van der Waals surface area contributed by atoms with Crippen LogP contribution in [0.15, 0.2) is 0 Å². The van der Waals surface area contributed by atoms with E-state index < -0.39 is 6.10 Å². The molecule has 0 aliphatic heterocycles. The zero-order valence-electron chi connectivity index (χ0n) is 46.0. The highest BCUT2D eigenvalue weighted by molar-refractivity contribution is 5.71. The van der Waals surface area contributed by atoms with E-state index in [0.717, 1.165) is 69.6 Å². The predicted molar refractivity (Wildman–Crippen MR) is 289 cm³/mol. The molecule has 0 aliphatic rings. The highest BCUT2D eigenvalue weighted by Crippen LogP contribution is 2.19. The van der Waals surface area contributed by atoms with Crippen molar-refractivity contribution >= 4 is 17.9 Å². The first-order valence-electron chi connectivity index (χ1n) is 30.3. The second-order valence-corrected chi connectivity index (χ2v) is 21.7. The molecule has 0 heterocycles. The van der Waals surface area contributed by atoms with Crippen LogP contribution in [0.2, 0.25) is 0 Å². The van der Waals surface area contributed by atoms with Crippen LogP contribution in [0.25, 0.3) is 0 Å². The highest BCUT2D eigenvalue weighted by atomic mass is 16.6. The Morgan fingerprint density at radius 3 is 0.851 bits per heavy atom. The average Bonchev–Trinajstić information content (AvgIpc) is 3.31. The maximum Gasteiger partial charge on any atom is 0.306 e. The van der Waals surface area contributed by atoms with Crippen LogP contribution in [0.5, 0.6) is 0 Å². The molecule has 0 radical (unpaired) electrons. The third-order valence-electron chi connectivity index (χ3n) is 14.3. The number of carbonyl (C=O) groups is 3. The standard InChI is InChI=1S/C61H118O6/c1-6-8-9-10-11-12-13-14-15-16-17-18-19-22-25-31-36-41-46-51-59(62)65-54-58(67-61(64)53-48-43-38-33-28-27-30-35-40-45-50-57(5)7-2)55-66-60(63)52-47-42-37-32-26-23-20-21-24-29-34-39-44-49-56(3)4/h56-58H,6-55H2,1-5H3/t57?,58-/m0/s1. The van der Waals surface area contributed by atoms with E-state index in [1.54, 1.807) is 0 Å². The van der Waals surface area contributed by atoms with Crippen LogP contribution >= 0.6 is 0 Å². The van der Waals surface area contributed by atoms with E-state index in [1.165, 1.54) is 231 Å². The molecule has 0 aromatic heterocycles. The van der Waals surface area contributed by atoms with Gasteiger partial charge < -0.3 is 14.2 Å². The summed E-state index contributed by atoms with van der Waals surface area (Å²) in [7, 11) is 0. The average molecular weight is 948 g/mol. The van der Waals surface area contributed by atoms with Crippen molar-refractivity contribution in [1.82, 2.24) is 0 Å². The number of esters is 3. The van der Waals surface area contributed by atoms with Gasteiger partial charge >= 0.3 is 17.9 Å². The first-order valence-corrected chi connectivity index (χ1v) is 30.3. The van der Waals surface area contributed by atoms with Gasteiger partial charge in [0, 0.05) is 19.3 Å². The molecule has 2 atom stereocenters. The SMILES string of the molecule is CCCCCCCCCCCCCCCCCCCCCC(=O)OC[C@@H](COC(=O)CCCCCCCCCCCCCCCC(C)C)OC(=O)CCCCCCCCCCCCC(C)CC. The van der Waals surface area contributed by atoms with Crippen LogP contribution in [0.4, 0.5) is 0 Å². The van der Waals surface area contributed by atoms with E-state index in [4.69, 9.17) is 14.2 Å². The predicted octanol–water partition coefficient (Wildman–Crippen LogP) is 20.0. The Labute approximate surface area is 418 Å². The van der Waals surface area contributed by atoms with Gasteiger partial charge in [-0.05, 0) is 31.1 Å². The van der Waals surface area contributed by atoms with Crippen LogP contribution in [0.3, 0.4) is 0 Å². The maximum absolute atomic E-state index is 12.9. The van der Waals surface area contributed by atoms with Crippen LogP contribution < -0.4 is 0 Å². The molecular formula is C61H118O6. The minimum Gasteiger partial charge on any atom is -0.462 e. The lowest BCUT2D eigenvalue weighted by Gasteiger charge is -2.18. The van der Waals surface area contributed by atoms with Gasteiger partial charge in [0.15, 0.2) is 6.10 Å². The minimum absolute atomic E-state index is 0.0626. The van der Waals surface area contributed by atoms with E-state index in [-0.39, 0.29) is 31.1 Å². The molecule has 67 heavy (non-hydrogen) atoms. The molecular weight excluding hydrogens is 829 g/mol. The molecule has 0 bridgehead atoms. The molecule has 0 rings (SSSR count). The minimum atomic E-state index is -0.763. The second kappa shape index (κ2) is 53.8. The molecule has 0 saturated carbocycles. The monoisotopic (exact) mass is 947 g/mol. The fraction of sp³-hybridized carbons (Fsp3) is 0.951. The fourth-order valence-corrected chi connectivity index (χ4v) is 9.37. The zero-order chi connectivity index (χ0) is 48.9. The first kappa shape index (κ1) is 65.4. The molecule has 0 amide bonds. The van der Waals surface area contributed by atoms with Crippen molar-refractivity contribution in [3.05, 3.63) is 0 Å². The fourth-order valence-electron chi connectivity index (χ4n) is 9.37. The molecule has 0 aromatic rings. The van der Waals surface area contributed by atoms with Gasteiger partial charge in [-0.3, -0.25) is 14.4 Å². The van der Waals surface area contributed by atoms with Crippen LogP contribution in [0.1, 0.15) is 343 Å². The van der Waals surface area contributed by atoms with Crippen LogP contribution in [-0.4, -0.2) is 37.2 Å². The first-order chi connectivity index (χ1) is 32.8. The summed E-state index contributed by atoms with van der Waals surface area (Å²) >= 11 is 0. The lowest BCUT2D eigenvalue weighted by atomic mass is 9.99. The summed E-state index contributed by atoms with van der Waals surface area (Å²) in [5, 5.41) is 0. The summed E-state index contributed by atoms with van der Waals surface area (Å²) in [5.74, 6) is 0.870. The van der Waals surface area contributed by atoms with Gasteiger partial charge in [0.2, 0.25) is 0 Å². The third-order valence-corrected chi connectivity index (χ3v) is 14.3. The lowest BCUT2D eigenvalue weighted by molar-refractivity contribution is -0.167. The third kappa shape index (κ3) is 53.6. The van der Waals surface area contributed by atoms with Gasteiger partial charge in [0.05, 0.1) is 0 Å². The molecule has 1 unspecified atom stereocenters. The summed E-state index contributed by atoms with van der Waals surface area (Å²) in [6.07, 6.45) is 58.1. The topological polar surface area (TPSA) is 78.9 Å². The summed E-state index contributed by atoms with van der Waals surface area (Å²) in [6, 6.07) is 0. The van der Waals surface area contributed by atoms with Crippen molar-refractivity contribution in [2.24, 2.45) is 11.8 Å². The molecule has 0 spiro atoms. The van der Waals surface area contributed by atoms with Crippen LogP contribution in [-0.2, 0) is 28.6 Å². The quantitative estimate of drug-likeness (QED) is 0.0343. The van der Waals surface area contributed by atoms with Crippen molar-refractivity contribution in [3.8, 4) is 0 Å². The normalized spacial score (nSPS) is 12.4. The Balaban J connectivity index is 4.28. The van der Waals surface area contributed by atoms with Crippen molar-refractivity contribution < 1.29 is 28.6 Å². The van der Waals surface area contributed by atoms with E-state index in [0.29, 0.717) is 19.3 Å². The van der Waals surface area contributed by atoms with Crippen molar-refractivity contribution in [3.63, 3.8) is 0 Å². The van der Waals surface area contributed by atoms with Crippen molar-refractivity contribution in [1.29, 1.82) is 0 Å². The molecule has 6 heteroatoms.